The van der Waals surface area contributed by atoms with Gasteiger partial charge >= 0.3 is 0 Å². The molecule has 1 aromatic heterocycles. The van der Waals surface area contributed by atoms with Gasteiger partial charge in [-0.2, -0.15) is 4.98 Å². The second-order valence-electron chi connectivity index (χ2n) is 3.82. The third-order valence-corrected chi connectivity index (χ3v) is 3.23. The maximum Gasteiger partial charge on any atom is 0.243 e. The Morgan fingerprint density at radius 3 is 2.89 bits per heavy atom. The Labute approximate surface area is 113 Å². The van der Waals surface area contributed by atoms with Gasteiger partial charge < -0.3 is 15.0 Å². The maximum absolute atomic E-state index is 5.84. The standard InChI is InChI=1S/C12H14BrN3O2/c1-3-9(14)12-15-11(16-18-12)7-4-5-10(17-2)8(13)6-7/h4-6,9H,3,14H2,1-2H3. The quantitative estimate of drug-likeness (QED) is 0.939. The van der Waals surface area contributed by atoms with Crippen LogP contribution in [0.5, 0.6) is 5.75 Å². The number of hydrogen-bond acceptors (Lipinski definition) is 5. The summed E-state index contributed by atoms with van der Waals surface area (Å²) in [6, 6.07) is 5.38. The lowest BCUT2D eigenvalue weighted by atomic mass is 10.2. The molecule has 2 aromatic rings. The first-order chi connectivity index (χ1) is 8.65. The van der Waals surface area contributed by atoms with Gasteiger partial charge in [-0.1, -0.05) is 12.1 Å². The van der Waals surface area contributed by atoms with Gasteiger partial charge in [-0.05, 0) is 40.5 Å². The number of nitrogens with two attached hydrogens (primary N) is 1. The van der Waals surface area contributed by atoms with Crippen LogP contribution in [-0.2, 0) is 0 Å². The fourth-order valence-electron chi connectivity index (χ4n) is 1.48. The van der Waals surface area contributed by atoms with E-state index in [1.807, 2.05) is 25.1 Å². The van der Waals surface area contributed by atoms with E-state index >= 15 is 0 Å². The summed E-state index contributed by atoms with van der Waals surface area (Å²) in [5.74, 6) is 1.74. The number of rotatable bonds is 4. The monoisotopic (exact) mass is 311 g/mol. The molecule has 0 aliphatic carbocycles. The van der Waals surface area contributed by atoms with Crippen molar-refractivity contribution in [1.82, 2.24) is 10.1 Å². The second kappa shape index (κ2) is 5.49. The molecule has 1 unspecified atom stereocenters. The summed E-state index contributed by atoms with van der Waals surface area (Å²) in [6.45, 7) is 1.97. The third kappa shape index (κ3) is 2.54. The highest BCUT2D eigenvalue weighted by atomic mass is 79.9. The molecule has 1 aromatic carbocycles. The molecule has 0 spiro atoms. The van der Waals surface area contributed by atoms with Gasteiger partial charge in [0, 0.05) is 5.56 Å². The van der Waals surface area contributed by atoms with Crippen molar-refractivity contribution in [2.45, 2.75) is 19.4 Å². The number of nitrogens with zero attached hydrogens (tertiary/aromatic N) is 2. The molecule has 0 bridgehead atoms. The molecule has 1 atom stereocenters. The van der Waals surface area contributed by atoms with Crippen molar-refractivity contribution in [2.75, 3.05) is 7.11 Å². The molecule has 0 aliphatic rings. The van der Waals surface area contributed by atoms with Crippen LogP contribution in [0.2, 0.25) is 0 Å². The minimum absolute atomic E-state index is 0.215. The van der Waals surface area contributed by atoms with Crippen molar-refractivity contribution < 1.29 is 9.26 Å². The Bertz CT molecular complexity index is 542. The third-order valence-electron chi connectivity index (χ3n) is 2.61. The molecular weight excluding hydrogens is 298 g/mol. The summed E-state index contributed by atoms with van der Waals surface area (Å²) >= 11 is 3.42. The summed E-state index contributed by atoms with van der Waals surface area (Å²) in [6.07, 6.45) is 0.758. The highest BCUT2D eigenvalue weighted by Crippen LogP contribution is 2.29. The number of hydrogen-bond donors (Lipinski definition) is 1. The fourth-order valence-corrected chi connectivity index (χ4v) is 2.02. The van der Waals surface area contributed by atoms with Crippen molar-refractivity contribution >= 4 is 15.9 Å². The molecule has 0 amide bonds. The molecule has 0 radical (unpaired) electrons. The lowest BCUT2D eigenvalue weighted by molar-refractivity contribution is 0.352. The number of halogens is 1. The van der Waals surface area contributed by atoms with Crippen molar-refractivity contribution in [2.24, 2.45) is 5.73 Å². The van der Waals surface area contributed by atoms with Crippen LogP contribution in [-0.4, -0.2) is 17.3 Å². The van der Waals surface area contributed by atoms with Crippen molar-refractivity contribution in [3.63, 3.8) is 0 Å². The van der Waals surface area contributed by atoms with E-state index in [-0.39, 0.29) is 6.04 Å². The van der Waals surface area contributed by atoms with Gasteiger partial charge in [0.15, 0.2) is 0 Å². The number of benzene rings is 1. The van der Waals surface area contributed by atoms with Gasteiger partial charge in [-0.3, -0.25) is 0 Å². The average molecular weight is 312 g/mol. The molecule has 6 heteroatoms. The highest BCUT2D eigenvalue weighted by Gasteiger charge is 2.14. The van der Waals surface area contributed by atoms with Crippen LogP contribution >= 0.6 is 15.9 Å². The van der Waals surface area contributed by atoms with E-state index in [9.17, 15) is 0 Å². The molecule has 0 aliphatic heterocycles. The molecule has 2 rings (SSSR count). The van der Waals surface area contributed by atoms with Crippen molar-refractivity contribution in [3.8, 4) is 17.1 Å². The lowest BCUT2D eigenvalue weighted by Gasteiger charge is -2.03. The van der Waals surface area contributed by atoms with E-state index in [1.165, 1.54) is 0 Å². The van der Waals surface area contributed by atoms with Crippen LogP contribution in [0.1, 0.15) is 25.3 Å². The minimum Gasteiger partial charge on any atom is -0.496 e. The summed E-state index contributed by atoms with van der Waals surface area (Å²) in [7, 11) is 1.62. The van der Waals surface area contributed by atoms with Crippen LogP contribution in [0.15, 0.2) is 27.2 Å². The Kier molecular flexibility index (Phi) is 3.98. The van der Waals surface area contributed by atoms with Crippen LogP contribution in [0, 0.1) is 0 Å². The SMILES string of the molecule is CCC(N)c1nc(-c2ccc(OC)c(Br)c2)no1. The highest BCUT2D eigenvalue weighted by molar-refractivity contribution is 9.10. The summed E-state index contributed by atoms with van der Waals surface area (Å²) in [4.78, 5) is 4.28. The molecule has 96 valence electrons. The second-order valence-corrected chi connectivity index (χ2v) is 4.67. The lowest BCUT2D eigenvalue weighted by Crippen LogP contribution is -2.08. The predicted molar refractivity (Wildman–Crippen MR) is 71.2 cm³/mol. The first kappa shape index (κ1) is 13.0. The minimum atomic E-state index is -0.215. The topological polar surface area (TPSA) is 74.2 Å². The first-order valence-electron chi connectivity index (χ1n) is 5.58. The fraction of sp³-hybridized carbons (Fsp3) is 0.333. The number of ether oxygens (including phenoxy) is 1. The molecule has 0 fully saturated rings. The smallest absolute Gasteiger partial charge is 0.243 e. The van der Waals surface area contributed by atoms with E-state index < -0.39 is 0 Å². The van der Waals surface area contributed by atoms with Crippen molar-refractivity contribution in [3.05, 3.63) is 28.6 Å². The summed E-state index contributed by atoms with van der Waals surface area (Å²) < 4.78 is 11.1. The summed E-state index contributed by atoms with van der Waals surface area (Å²) in [5.41, 5.74) is 6.68. The zero-order valence-corrected chi connectivity index (χ0v) is 11.8. The van der Waals surface area contributed by atoms with Gasteiger partial charge in [0.25, 0.3) is 0 Å². The molecule has 5 nitrogen and oxygen atoms in total. The normalized spacial score (nSPS) is 12.4. The zero-order chi connectivity index (χ0) is 13.1. The Morgan fingerprint density at radius 1 is 1.50 bits per heavy atom. The average Bonchev–Trinajstić information content (AvgIpc) is 2.87. The van der Waals surface area contributed by atoms with Gasteiger partial charge in [-0.15, -0.1) is 0 Å². The van der Waals surface area contributed by atoms with E-state index in [0.717, 1.165) is 22.2 Å². The van der Waals surface area contributed by atoms with E-state index in [0.29, 0.717) is 11.7 Å². The largest absolute Gasteiger partial charge is 0.496 e. The Morgan fingerprint density at radius 2 is 2.28 bits per heavy atom. The van der Waals surface area contributed by atoms with E-state index in [2.05, 4.69) is 26.1 Å². The zero-order valence-electron chi connectivity index (χ0n) is 10.2. The van der Waals surface area contributed by atoms with Crippen molar-refractivity contribution in [1.29, 1.82) is 0 Å². The number of methoxy groups -OCH3 is 1. The first-order valence-corrected chi connectivity index (χ1v) is 6.38. The van der Waals surface area contributed by atoms with E-state index in [4.69, 9.17) is 15.0 Å². The number of aromatic nitrogens is 2. The van der Waals surface area contributed by atoms with E-state index in [1.54, 1.807) is 7.11 Å². The summed E-state index contributed by atoms with van der Waals surface area (Å²) in [5, 5.41) is 3.92. The molecular formula is C12H14BrN3O2. The molecule has 1 heterocycles. The van der Waals surface area contributed by atoms with Crippen LogP contribution < -0.4 is 10.5 Å². The van der Waals surface area contributed by atoms with Gasteiger partial charge in [0.2, 0.25) is 11.7 Å². The maximum atomic E-state index is 5.84. The Hall–Kier alpha value is -1.40. The predicted octanol–water partition coefficient (Wildman–Crippen LogP) is 2.92. The molecule has 0 saturated heterocycles. The van der Waals surface area contributed by atoms with Crippen LogP contribution in [0.3, 0.4) is 0 Å². The Balaban J connectivity index is 2.31. The van der Waals surface area contributed by atoms with Gasteiger partial charge in [0.1, 0.15) is 5.75 Å². The molecule has 0 saturated carbocycles. The van der Waals surface area contributed by atoms with Gasteiger partial charge in [-0.25, -0.2) is 0 Å². The van der Waals surface area contributed by atoms with Gasteiger partial charge in [0.05, 0.1) is 17.6 Å². The molecule has 18 heavy (non-hydrogen) atoms. The van der Waals surface area contributed by atoms with Crippen LogP contribution in [0.25, 0.3) is 11.4 Å². The van der Waals surface area contributed by atoms with Crippen LogP contribution in [0.4, 0.5) is 0 Å². The molecule has 2 N–H and O–H groups in total.